The highest BCUT2D eigenvalue weighted by molar-refractivity contribution is 7.92. The number of rotatable bonds is 6. The largest absolute Gasteiger partial charge is 0.356 e. The van der Waals surface area contributed by atoms with E-state index in [-0.39, 0.29) is 6.04 Å². The molecule has 0 fully saturated rings. The Hall–Kier alpha value is -2.12. The van der Waals surface area contributed by atoms with Crippen LogP contribution in [0.5, 0.6) is 0 Å². The van der Waals surface area contributed by atoms with Crippen molar-refractivity contribution in [1.29, 1.82) is 0 Å². The highest BCUT2D eigenvalue weighted by Crippen LogP contribution is 2.22. The number of hydrogen-bond donors (Lipinski definition) is 2. The van der Waals surface area contributed by atoms with Gasteiger partial charge in [0.25, 0.3) is 0 Å². The summed E-state index contributed by atoms with van der Waals surface area (Å²) in [5.74, 6) is 0. The van der Waals surface area contributed by atoms with Crippen LogP contribution in [0.4, 0.5) is 11.4 Å². The second kappa shape index (κ2) is 8.51. The Bertz CT molecular complexity index is 882. The van der Waals surface area contributed by atoms with E-state index in [0.717, 1.165) is 12.1 Å². The van der Waals surface area contributed by atoms with Crippen molar-refractivity contribution in [2.75, 3.05) is 22.9 Å². The molecule has 0 bridgehead atoms. The van der Waals surface area contributed by atoms with Crippen LogP contribution in [-0.2, 0) is 10.0 Å². The first-order valence-electron chi connectivity index (χ1n) is 8.39. The maximum atomic E-state index is 11.7. The van der Waals surface area contributed by atoms with Gasteiger partial charge in [-0.3, -0.25) is 4.31 Å². The molecule has 0 heterocycles. The highest BCUT2D eigenvalue weighted by Gasteiger charge is 2.14. The predicted octanol–water partition coefficient (Wildman–Crippen LogP) is 3.83. The molecule has 0 amide bonds. The molecule has 2 rings (SSSR count). The quantitative estimate of drug-likeness (QED) is 0.733. The van der Waals surface area contributed by atoms with E-state index in [1.54, 1.807) is 18.2 Å². The molecule has 0 spiro atoms. The summed E-state index contributed by atoms with van der Waals surface area (Å²) in [5, 5.41) is 6.98. The summed E-state index contributed by atoms with van der Waals surface area (Å²) in [5.41, 5.74) is 3.73. The lowest BCUT2D eigenvalue weighted by molar-refractivity contribution is 0.600. The van der Waals surface area contributed by atoms with E-state index >= 15 is 0 Å². The summed E-state index contributed by atoms with van der Waals surface area (Å²) < 4.78 is 24.6. The van der Waals surface area contributed by atoms with Gasteiger partial charge in [-0.05, 0) is 54.9 Å². The second-order valence-corrected chi connectivity index (χ2v) is 8.62. The molecule has 0 aliphatic rings. The van der Waals surface area contributed by atoms with Crippen molar-refractivity contribution in [2.45, 2.75) is 26.3 Å². The average molecular weight is 392 g/mol. The summed E-state index contributed by atoms with van der Waals surface area (Å²) in [7, 11) is -1.78. The second-order valence-electron chi connectivity index (χ2n) is 6.20. The molecule has 2 aromatic rings. The van der Waals surface area contributed by atoms with Crippen molar-refractivity contribution in [3.05, 3.63) is 59.7 Å². The van der Waals surface area contributed by atoms with E-state index in [2.05, 4.69) is 36.6 Å². The van der Waals surface area contributed by atoms with Crippen molar-refractivity contribution in [3.63, 3.8) is 0 Å². The third-order valence-electron chi connectivity index (χ3n) is 4.24. The fourth-order valence-corrected chi connectivity index (χ4v) is 3.43. The fourth-order valence-electron chi connectivity index (χ4n) is 2.67. The van der Waals surface area contributed by atoms with Crippen LogP contribution in [0.2, 0.25) is 0 Å². The minimum Gasteiger partial charge on any atom is -0.356 e. The summed E-state index contributed by atoms with van der Waals surface area (Å²) in [6.45, 7) is 4.19. The van der Waals surface area contributed by atoms with Crippen LogP contribution in [0.15, 0.2) is 48.5 Å². The van der Waals surface area contributed by atoms with Crippen LogP contribution in [0.25, 0.3) is 0 Å². The van der Waals surface area contributed by atoms with E-state index < -0.39 is 10.0 Å². The van der Waals surface area contributed by atoms with Crippen LogP contribution in [0.3, 0.4) is 0 Å². The molecule has 2 N–H and O–H groups in total. The zero-order valence-corrected chi connectivity index (χ0v) is 17.1. The van der Waals surface area contributed by atoms with Gasteiger partial charge in [-0.1, -0.05) is 37.3 Å². The molecule has 7 heteroatoms. The lowest BCUT2D eigenvalue weighted by Gasteiger charge is -2.22. The number of thiocarbonyl (C=S) groups is 1. The van der Waals surface area contributed by atoms with E-state index in [1.165, 1.54) is 28.7 Å². The molecule has 0 saturated heterocycles. The minimum absolute atomic E-state index is 0.109. The van der Waals surface area contributed by atoms with E-state index in [0.29, 0.717) is 10.8 Å². The number of hydrogen-bond acceptors (Lipinski definition) is 3. The third-order valence-corrected chi connectivity index (χ3v) is 5.67. The molecule has 140 valence electrons. The molecule has 26 heavy (non-hydrogen) atoms. The third kappa shape index (κ3) is 5.19. The topological polar surface area (TPSA) is 61.4 Å². The first-order chi connectivity index (χ1) is 12.2. The van der Waals surface area contributed by atoms with Crippen LogP contribution in [-0.4, -0.2) is 26.8 Å². The van der Waals surface area contributed by atoms with Crippen molar-refractivity contribution >= 4 is 38.7 Å². The maximum Gasteiger partial charge on any atom is 0.231 e. The number of anilines is 2. The number of aryl methyl sites for hydroxylation is 1. The van der Waals surface area contributed by atoms with Gasteiger partial charge in [-0.15, -0.1) is 0 Å². The van der Waals surface area contributed by atoms with Crippen LogP contribution >= 0.6 is 12.2 Å². The summed E-state index contributed by atoms with van der Waals surface area (Å²) in [4.78, 5) is 0. The van der Waals surface area contributed by atoms with Crippen molar-refractivity contribution in [2.24, 2.45) is 0 Å². The molecule has 1 unspecified atom stereocenters. The lowest BCUT2D eigenvalue weighted by atomic mass is 10.00. The Balaban J connectivity index is 2.11. The zero-order chi connectivity index (χ0) is 19.3. The standard InChI is InChI=1S/C19H25N3O2S2/c1-5-18(17-12-7-6-9-14(17)2)21-19(25)20-15-10-8-11-16(13-15)22(3)26(4,23)24/h6-13,18H,5H2,1-4H3,(H2,20,21,25). The Morgan fingerprint density at radius 2 is 1.88 bits per heavy atom. The maximum absolute atomic E-state index is 11.7. The molecule has 1 atom stereocenters. The van der Waals surface area contributed by atoms with Gasteiger partial charge in [0, 0.05) is 12.7 Å². The zero-order valence-electron chi connectivity index (χ0n) is 15.5. The Kier molecular flexibility index (Phi) is 6.61. The van der Waals surface area contributed by atoms with Crippen molar-refractivity contribution < 1.29 is 8.42 Å². The summed E-state index contributed by atoms with van der Waals surface area (Å²) >= 11 is 5.45. The molecule has 5 nitrogen and oxygen atoms in total. The highest BCUT2D eigenvalue weighted by atomic mass is 32.2. The van der Waals surface area contributed by atoms with Crippen LogP contribution in [0, 0.1) is 6.92 Å². The molecule has 0 saturated carbocycles. The van der Waals surface area contributed by atoms with E-state index in [1.807, 2.05) is 18.2 Å². The molecular formula is C19H25N3O2S2. The first-order valence-corrected chi connectivity index (χ1v) is 10.6. The normalized spacial score (nSPS) is 12.3. The fraction of sp³-hybridized carbons (Fsp3) is 0.316. The van der Waals surface area contributed by atoms with Crippen molar-refractivity contribution in [1.82, 2.24) is 5.32 Å². The molecule has 2 aromatic carbocycles. The monoisotopic (exact) mass is 391 g/mol. The van der Waals surface area contributed by atoms with E-state index in [9.17, 15) is 8.42 Å². The minimum atomic E-state index is -3.31. The van der Waals surface area contributed by atoms with Gasteiger partial charge >= 0.3 is 0 Å². The molecule has 0 aliphatic carbocycles. The van der Waals surface area contributed by atoms with Gasteiger partial charge in [0.15, 0.2) is 5.11 Å². The van der Waals surface area contributed by atoms with Gasteiger partial charge in [0.2, 0.25) is 10.0 Å². The average Bonchev–Trinajstić information content (AvgIpc) is 2.59. The van der Waals surface area contributed by atoms with Gasteiger partial charge in [0.05, 0.1) is 18.0 Å². The van der Waals surface area contributed by atoms with Crippen LogP contribution < -0.4 is 14.9 Å². The number of sulfonamides is 1. The molecule has 0 radical (unpaired) electrons. The number of nitrogens with one attached hydrogen (secondary N) is 2. The van der Waals surface area contributed by atoms with Gasteiger partial charge in [0.1, 0.15) is 0 Å². The molecule has 0 aromatic heterocycles. The van der Waals surface area contributed by atoms with E-state index in [4.69, 9.17) is 12.2 Å². The van der Waals surface area contributed by atoms with Crippen LogP contribution in [0.1, 0.15) is 30.5 Å². The first kappa shape index (κ1) is 20.2. The summed E-state index contributed by atoms with van der Waals surface area (Å²) in [6.07, 6.45) is 2.07. The predicted molar refractivity (Wildman–Crippen MR) is 113 cm³/mol. The Labute approximate surface area is 161 Å². The number of nitrogens with zero attached hydrogens (tertiary/aromatic N) is 1. The number of benzene rings is 2. The Morgan fingerprint density at radius 3 is 2.50 bits per heavy atom. The lowest BCUT2D eigenvalue weighted by Crippen LogP contribution is -2.32. The van der Waals surface area contributed by atoms with Gasteiger partial charge < -0.3 is 10.6 Å². The molecular weight excluding hydrogens is 366 g/mol. The Morgan fingerprint density at radius 1 is 1.19 bits per heavy atom. The van der Waals surface area contributed by atoms with Gasteiger partial charge in [-0.2, -0.15) is 0 Å². The van der Waals surface area contributed by atoms with Gasteiger partial charge in [-0.25, -0.2) is 8.42 Å². The molecule has 0 aliphatic heterocycles. The smallest absolute Gasteiger partial charge is 0.231 e. The van der Waals surface area contributed by atoms with Crippen molar-refractivity contribution in [3.8, 4) is 0 Å². The summed E-state index contributed by atoms with van der Waals surface area (Å²) in [6, 6.07) is 15.5. The SMILES string of the molecule is CCC(NC(=S)Nc1cccc(N(C)S(C)(=O)=O)c1)c1ccccc1C.